The van der Waals surface area contributed by atoms with Gasteiger partial charge in [0.05, 0.1) is 0 Å². The van der Waals surface area contributed by atoms with E-state index in [4.69, 9.17) is 0 Å². The van der Waals surface area contributed by atoms with Crippen LogP contribution in [0.15, 0.2) is 5.16 Å². The Morgan fingerprint density at radius 2 is 1.67 bits per heavy atom. The van der Waals surface area contributed by atoms with Crippen molar-refractivity contribution in [2.45, 2.75) is 32.3 Å². The van der Waals surface area contributed by atoms with Gasteiger partial charge < -0.3 is 0 Å². The fraction of sp³-hybridized carbons (Fsp3) is 0.556. The molecule has 0 fully saturated rings. The monoisotopic (exact) mass is 182 g/mol. The maximum Gasteiger partial charge on any atom is 0.187 e. The smallest absolute Gasteiger partial charge is 0.187 e. The zero-order valence-corrected chi connectivity index (χ0v) is 8.83. The lowest BCUT2D eigenvalue weighted by Crippen LogP contribution is -2.00. The third kappa shape index (κ3) is 1.78. The normalized spacial score (nSPS) is 10.3. The number of thioether (sulfide) groups is 1. The molecule has 1 rings (SSSR count). The van der Waals surface area contributed by atoms with E-state index in [0.717, 1.165) is 23.0 Å². The zero-order chi connectivity index (χ0) is 9.14. The molecule has 0 aliphatic rings. The lowest BCUT2D eigenvalue weighted by molar-refractivity contribution is 0.858. The quantitative estimate of drug-likeness (QED) is 0.519. The number of aromatic nitrogens is 2. The van der Waals surface area contributed by atoms with Crippen molar-refractivity contribution in [2.24, 2.45) is 0 Å². The number of hydrogen-bond acceptors (Lipinski definition) is 3. The molecule has 0 aliphatic carbocycles. The molecule has 0 saturated heterocycles. The van der Waals surface area contributed by atoms with Gasteiger partial charge in [-0.15, -0.1) is 0 Å². The number of aryl methyl sites for hydroxylation is 2. The lowest BCUT2D eigenvalue weighted by atomic mass is 10.1. The predicted molar refractivity (Wildman–Crippen MR) is 52.7 cm³/mol. The highest BCUT2D eigenvalue weighted by Gasteiger charge is 2.04. The third-order valence-corrected chi connectivity index (χ3v) is 2.48. The Bertz CT molecular complexity index is 261. The van der Waals surface area contributed by atoms with E-state index < -0.39 is 0 Å². The van der Waals surface area contributed by atoms with Gasteiger partial charge in [0.1, 0.15) is 0 Å². The van der Waals surface area contributed by atoms with E-state index in [9.17, 15) is 0 Å². The lowest BCUT2D eigenvalue weighted by Gasteiger charge is -2.06. The molecule has 0 bridgehead atoms. The van der Waals surface area contributed by atoms with Crippen LogP contribution in [0.25, 0.3) is 0 Å². The molecule has 2 nitrogen and oxygen atoms in total. The second kappa shape index (κ2) is 3.90. The first-order chi connectivity index (χ1) is 5.69. The van der Waals surface area contributed by atoms with Crippen LogP contribution in [0.5, 0.6) is 0 Å². The van der Waals surface area contributed by atoms with Gasteiger partial charge in [0.2, 0.25) is 0 Å². The minimum absolute atomic E-state index is 0.877. The highest BCUT2D eigenvalue weighted by molar-refractivity contribution is 7.98. The molecule has 1 heterocycles. The van der Waals surface area contributed by atoms with E-state index >= 15 is 0 Å². The summed E-state index contributed by atoms with van der Waals surface area (Å²) in [6, 6.07) is 0. The summed E-state index contributed by atoms with van der Waals surface area (Å²) in [6.07, 6.45) is 3.02. The van der Waals surface area contributed by atoms with Crippen LogP contribution in [0.3, 0.4) is 0 Å². The molecule has 0 aliphatic heterocycles. The van der Waals surface area contributed by atoms with Crippen molar-refractivity contribution < 1.29 is 0 Å². The van der Waals surface area contributed by atoms with E-state index in [1.807, 2.05) is 20.1 Å². The number of nitrogens with zero attached hydrogens (tertiary/aromatic N) is 2. The SMILES string of the molecule is CCc1c(C)nc(SC)nc1C. The number of rotatable bonds is 2. The fourth-order valence-corrected chi connectivity index (χ4v) is 1.77. The van der Waals surface area contributed by atoms with Crippen molar-refractivity contribution in [3.8, 4) is 0 Å². The van der Waals surface area contributed by atoms with Crippen molar-refractivity contribution >= 4 is 11.8 Å². The van der Waals surface area contributed by atoms with Crippen LogP contribution < -0.4 is 0 Å². The van der Waals surface area contributed by atoms with Crippen LogP contribution in [-0.2, 0) is 6.42 Å². The van der Waals surface area contributed by atoms with Crippen LogP contribution in [0, 0.1) is 13.8 Å². The minimum Gasteiger partial charge on any atom is -0.228 e. The summed E-state index contributed by atoms with van der Waals surface area (Å²) < 4.78 is 0. The van der Waals surface area contributed by atoms with Crippen molar-refractivity contribution in [2.75, 3.05) is 6.26 Å². The maximum absolute atomic E-state index is 4.38. The maximum atomic E-state index is 4.38. The van der Waals surface area contributed by atoms with Crippen LogP contribution >= 0.6 is 11.8 Å². The summed E-state index contributed by atoms with van der Waals surface area (Å²) >= 11 is 1.59. The molecule has 1 aromatic heterocycles. The van der Waals surface area contributed by atoms with Crippen LogP contribution in [-0.4, -0.2) is 16.2 Å². The topological polar surface area (TPSA) is 25.8 Å². The summed E-state index contributed by atoms with van der Waals surface area (Å²) in [5, 5.41) is 0.877. The van der Waals surface area contributed by atoms with Crippen molar-refractivity contribution in [3.63, 3.8) is 0 Å². The van der Waals surface area contributed by atoms with Crippen molar-refractivity contribution in [3.05, 3.63) is 17.0 Å². The molecule has 0 atom stereocenters. The summed E-state index contributed by atoms with van der Waals surface area (Å²) in [4.78, 5) is 8.75. The van der Waals surface area contributed by atoms with Crippen LogP contribution in [0.2, 0.25) is 0 Å². The van der Waals surface area contributed by atoms with Gasteiger partial charge in [-0.2, -0.15) is 0 Å². The molecular formula is C9H14N2S. The summed E-state index contributed by atoms with van der Waals surface area (Å²) in [5.41, 5.74) is 3.52. The molecule has 0 radical (unpaired) electrons. The molecule has 0 amide bonds. The van der Waals surface area contributed by atoms with Gasteiger partial charge in [-0.1, -0.05) is 18.7 Å². The Balaban J connectivity index is 3.18. The Hall–Kier alpha value is -0.570. The zero-order valence-electron chi connectivity index (χ0n) is 8.01. The first-order valence-corrected chi connectivity index (χ1v) is 5.29. The van der Waals surface area contributed by atoms with Gasteiger partial charge in [-0.25, -0.2) is 9.97 Å². The average molecular weight is 182 g/mol. The van der Waals surface area contributed by atoms with Gasteiger partial charge >= 0.3 is 0 Å². The molecular weight excluding hydrogens is 168 g/mol. The second-order valence-corrected chi connectivity index (χ2v) is 3.49. The number of hydrogen-bond donors (Lipinski definition) is 0. The molecule has 0 N–H and O–H groups in total. The average Bonchev–Trinajstić information content (AvgIpc) is 2.03. The molecule has 0 unspecified atom stereocenters. The molecule has 0 saturated carbocycles. The highest BCUT2D eigenvalue weighted by Crippen LogP contribution is 2.15. The van der Waals surface area contributed by atoms with Crippen molar-refractivity contribution in [1.29, 1.82) is 0 Å². The Morgan fingerprint density at radius 3 is 2.00 bits per heavy atom. The van der Waals surface area contributed by atoms with Crippen LogP contribution in [0.4, 0.5) is 0 Å². The molecule has 12 heavy (non-hydrogen) atoms. The van der Waals surface area contributed by atoms with E-state index in [1.54, 1.807) is 11.8 Å². The largest absolute Gasteiger partial charge is 0.228 e. The molecule has 0 spiro atoms. The second-order valence-electron chi connectivity index (χ2n) is 2.71. The Labute approximate surface area is 77.8 Å². The van der Waals surface area contributed by atoms with Gasteiger partial charge in [-0.05, 0) is 32.1 Å². The molecule has 3 heteroatoms. The van der Waals surface area contributed by atoms with Gasteiger partial charge in [-0.3, -0.25) is 0 Å². The summed E-state index contributed by atoms with van der Waals surface area (Å²) in [5.74, 6) is 0. The van der Waals surface area contributed by atoms with E-state index in [0.29, 0.717) is 0 Å². The third-order valence-electron chi connectivity index (χ3n) is 1.94. The first-order valence-electron chi connectivity index (χ1n) is 4.07. The van der Waals surface area contributed by atoms with Gasteiger partial charge in [0, 0.05) is 11.4 Å². The summed E-state index contributed by atoms with van der Waals surface area (Å²) in [7, 11) is 0. The molecule has 1 aromatic rings. The van der Waals surface area contributed by atoms with Crippen molar-refractivity contribution in [1.82, 2.24) is 9.97 Å². The first kappa shape index (κ1) is 9.52. The van der Waals surface area contributed by atoms with E-state index in [-0.39, 0.29) is 0 Å². The van der Waals surface area contributed by atoms with E-state index in [2.05, 4.69) is 16.9 Å². The molecule has 0 aromatic carbocycles. The fourth-order valence-electron chi connectivity index (χ4n) is 1.31. The van der Waals surface area contributed by atoms with Crippen LogP contribution in [0.1, 0.15) is 23.9 Å². The van der Waals surface area contributed by atoms with Gasteiger partial charge in [0.15, 0.2) is 5.16 Å². The predicted octanol–water partition coefficient (Wildman–Crippen LogP) is 2.38. The minimum atomic E-state index is 0.877. The van der Waals surface area contributed by atoms with E-state index in [1.165, 1.54) is 5.56 Å². The molecule has 66 valence electrons. The Morgan fingerprint density at radius 1 is 1.17 bits per heavy atom. The summed E-state index contributed by atoms with van der Waals surface area (Å²) in [6.45, 7) is 6.23. The highest BCUT2D eigenvalue weighted by atomic mass is 32.2. The van der Waals surface area contributed by atoms with Gasteiger partial charge in [0.25, 0.3) is 0 Å². The Kier molecular flexibility index (Phi) is 3.09. The standard InChI is InChI=1S/C9H14N2S/c1-5-8-6(2)10-9(12-4)11-7(8)3/h5H2,1-4H3.